The zero-order valence-electron chi connectivity index (χ0n) is 10.2. The number of methoxy groups -OCH3 is 1. The summed E-state index contributed by atoms with van der Waals surface area (Å²) >= 11 is 3.38. The second-order valence-electron chi connectivity index (χ2n) is 3.86. The summed E-state index contributed by atoms with van der Waals surface area (Å²) in [6.07, 6.45) is 2.10. The molecule has 0 bridgehead atoms. The average Bonchev–Trinajstić information content (AvgIpc) is 2.30. The Bertz CT molecular complexity index is 395. The van der Waals surface area contributed by atoms with E-state index in [-0.39, 0.29) is 6.04 Å². The molecule has 0 aromatic heterocycles. The van der Waals surface area contributed by atoms with Gasteiger partial charge in [0, 0.05) is 17.6 Å². The van der Waals surface area contributed by atoms with Crippen molar-refractivity contribution in [3.8, 4) is 6.07 Å². The van der Waals surface area contributed by atoms with Crippen LogP contribution in [0.5, 0.6) is 0 Å². The number of anilines is 1. The molecule has 0 aliphatic rings. The highest BCUT2D eigenvalue weighted by Gasteiger charge is 2.11. The van der Waals surface area contributed by atoms with E-state index in [1.54, 1.807) is 7.11 Å². The highest BCUT2D eigenvalue weighted by atomic mass is 79.9. The first-order valence-electron chi connectivity index (χ1n) is 5.67. The fourth-order valence-corrected chi connectivity index (χ4v) is 2.18. The molecule has 0 aliphatic heterocycles. The van der Waals surface area contributed by atoms with Gasteiger partial charge in [0.25, 0.3) is 0 Å². The van der Waals surface area contributed by atoms with Gasteiger partial charge in [-0.1, -0.05) is 19.4 Å². The van der Waals surface area contributed by atoms with Gasteiger partial charge in [-0.3, -0.25) is 0 Å². The monoisotopic (exact) mass is 296 g/mol. The number of nitriles is 1. The molecule has 92 valence electrons. The molecule has 0 saturated heterocycles. The normalized spacial score (nSPS) is 11.9. The molecule has 0 fully saturated rings. The van der Waals surface area contributed by atoms with Gasteiger partial charge in [0.1, 0.15) is 6.07 Å². The summed E-state index contributed by atoms with van der Waals surface area (Å²) in [7, 11) is 1.69. The van der Waals surface area contributed by atoms with Crippen LogP contribution < -0.4 is 5.32 Å². The van der Waals surface area contributed by atoms with E-state index in [4.69, 9.17) is 10.00 Å². The van der Waals surface area contributed by atoms with E-state index in [0.717, 1.165) is 23.0 Å². The van der Waals surface area contributed by atoms with Crippen LogP contribution in [0.3, 0.4) is 0 Å². The van der Waals surface area contributed by atoms with Crippen LogP contribution in [0.1, 0.15) is 25.3 Å². The first-order chi connectivity index (χ1) is 8.22. The van der Waals surface area contributed by atoms with Gasteiger partial charge in [-0.15, -0.1) is 0 Å². The predicted molar refractivity (Wildman–Crippen MR) is 73.1 cm³/mol. The summed E-state index contributed by atoms with van der Waals surface area (Å²) in [5.74, 6) is 0. The van der Waals surface area contributed by atoms with Crippen molar-refractivity contribution in [1.82, 2.24) is 0 Å². The quantitative estimate of drug-likeness (QED) is 0.873. The van der Waals surface area contributed by atoms with Crippen molar-refractivity contribution >= 4 is 21.6 Å². The highest BCUT2D eigenvalue weighted by molar-refractivity contribution is 9.10. The van der Waals surface area contributed by atoms with E-state index >= 15 is 0 Å². The highest BCUT2D eigenvalue weighted by Crippen LogP contribution is 2.24. The topological polar surface area (TPSA) is 45.0 Å². The lowest BCUT2D eigenvalue weighted by Crippen LogP contribution is -2.25. The summed E-state index contributed by atoms with van der Waals surface area (Å²) in [6, 6.07) is 8.15. The van der Waals surface area contributed by atoms with E-state index < -0.39 is 0 Å². The molecule has 0 spiro atoms. The Kier molecular flexibility index (Phi) is 6.03. The van der Waals surface area contributed by atoms with Crippen LogP contribution in [-0.2, 0) is 4.74 Å². The molecule has 1 atom stereocenters. The lowest BCUT2D eigenvalue weighted by molar-refractivity contribution is 0.182. The number of nitrogens with one attached hydrogen (secondary N) is 1. The molecule has 0 heterocycles. The zero-order valence-corrected chi connectivity index (χ0v) is 11.8. The molecule has 1 aromatic carbocycles. The van der Waals surface area contributed by atoms with Crippen molar-refractivity contribution in [3.05, 3.63) is 28.2 Å². The molecule has 0 aliphatic carbocycles. The first kappa shape index (κ1) is 14.0. The van der Waals surface area contributed by atoms with Crippen LogP contribution in [-0.4, -0.2) is 19.8 Å². The zero-order chi connectivity index (χ0) is 12.7. The van der Waals surface area contributed by atoms with Crippen LogP contribution in [0.4, 0.5) is 5.69 Å². The Morgan fingerprint density at radius 3 is 2.88 bits per heavy atom. The third kappa shape index (κ3) is 4.03. The molecule has 4 heteroatoms. The molecule has 3 nitrogen and oxygen atoms in total. The Balaban J connectivity index is 2.85. The lowest BCUT2D eigenvalue weighted by Gasteiger charge is -2.19. The molecule has 1 aromatic rings. The van der Waals surface area contributed by atoms with Gasteiger partial charge in [-0.2, -0.15) is 5.26 Å². The SMILES string of the molecule is CCCC(COC)Nc1cccc(Br)c1C#N. The fraction of sp³-hybridized carbons (Fsp3) is 0.462. The lowest BCUT2D eigenvalue weighted by atomic mass is 10.1. The Morgan fingerprint density at radius 2 is 2.29 bits per heavy atom. The van der Waals surface area contributed by atoms with E-state index in [1.165, 1.54) is 0 Å². The maximum absolute atomic E-state index is 9.12. The Hall–Kier alpha value is -1.05. The smallest absolute Gasteiger partial charge is 0.103 e. The van der Waals surface area contributed by atoms with Gasteiger partial charge in [0.05, 0.1) is 17.9 Å². The van der Waals surface area contributed by atoms with Crippen LogP contribution in [0, 0.1) is 11.3 Å². The number of halogens is 1. The molecule has 0 radical (unpaired) electrons. The number of hydrogen-bond donors (Lipinski definition) is 1. The van der Waals surface area contributed by atoms with Gasteiger partial charge in [0.2, 0.25) is 0 Å². The molecular formula is C13H17BrN2O. The van der Waals surface area contributed by atoms with E-state index in [0.29, 0.717) is 12.2 Å². The second kappa shape index (κ2) is 7.31. The number of hydrogen-bond acceptors (Lipinski definition) is 3. The van der Waals surface area contributed by atoms with Gasteiger partial charge in [-0.25, -0.2) is 0 Å². The number of ether oxygens (including phenoxy) is 1. The minimum Gasteiger partial charge on any atom is -0.383 e. The molecular weight excluding hydrogens is 280 g/mol. The maximum atomic E-state index is 9.12. The Labute approximate surface area is 111 Å². The number of rotatable bonds is 6. The van der Waals surface area contributed by atoms with Crippen molar-refractivity contribution in [3.63, 3.8) is 0 Å². The van der Waals surface area contributed by atoms with Gasteiger partial charge in [0.15, 0.2) is 0 Å². The van der Waals surface area contributed by atoms with Gasteiger partial charge in [-0.05, 0) is 34.5 Å². The van der Waals surface area contributed by atoms with Crippen LogP contribution in [0.25, 0.3) is 0 Å². The van der Waals surface area contributed by atoms with E-state index in [2.05, 4.69) is 34.2 Å². The minimum atomic E-state index is 0.242. The summed E-state index contributed by atoms with van der Waals surface area (Å²) in [5, 5.41) is 12.5. The van der Waals surface area contributed by atoms with Crippen molar-refractivity contribution in [2.75, 3.05) is 19.0 Å². The van der Waals surface area contributed by atoms with E-state index in [1.807, 2.05) is 18.2 Å². The first-order valence-corrected chi connectivity index (χ1v) is 6.46. The summed E-state index contributed by atoms with van der Waals surface area (Å²) in [4.78, 5) is 0. The largest absolute Gasteiger partial charge is 0.383 e. The van der Waals surface area contributed by atoms with Gasteiger partial charge >= 0.3 is 0 Å². The standard InChI is InChI=1S/C13H17BrN2O/c1-3-5-10(9-17-2)16-13-7-4-6-12(14)11(13)8-15/h4,6-7,10,16H,3,5,9H2,1-2H3. The summed E-state index contributed by atoms with van der Waals surface area (Å²) < 4.78 is 5.99. The molecule has 17 heavy (non-hydrogen) atoms. The minimum absolute atomic E-state index is 0.242. The number of nitrogens with zero attached hydrogens (tertiary/aromatic N) is 1. The van der Waals surface area contributed by atoms with Gasteiger partial charge < -0.3 is 10.1 Å². The van der Waals surface area contributed by atoms with Crippen molar-refractivity contribution < 1.29 is 4.74 Å². The van der Waals surface area contributed by atoms with Crippen LogP contribution >= 0.6 is 15.9 Å². The molecule has 1 unspecified atom stereocenters. The van der Waals surface area contributed by atoms with Crippen LogP contribution in [0.15, 0.2) is 22.7 Å². The van der Waals surface area contributed by atoms with E-state index in [9.17, 15) is 0 Å². The fourth-order valence-electron chi connectivity index (χ4n) is 1.72. The predicted octanol–water partition coefficient (Wildman–Crippen LogP) is 3.55. The van der Waals surface area contributed by atoms with Crippen molar-refractivity contribution in [2.24, 2.45) is 0 Å². The van der Waals surface area contributed by atoms with Crippen molar-refractivity contribution in [2.45, 2.75) is 25.8 Å². The molecule has 1 N–H and O–H groups in total. The summed E-state index contributed by atoms with van der Waals surface area (Å²) in [5.41, 5.74) is 1.50. The average molecular weight is 297 g/mol. The second-order valence-corrected chi connectivity index (χ2v) is 4.71. The molecule has 1 rings (SSSR count). The third-order valence-corrected chi connectivity index (χ3v) is 3.15. The van der Waals surface area contributed by atoms with Crippen molar-refractivity contribution in [1.29, 1.82) is 5.26 Å². The molecule has 0 saturated carbocycles. The number of benzene rings is 1. The third-order valence-electron chi connectivity index (χ3n) is 2.49. The molecule has 0 amide bonds. The van der Waals surface area contributed by atoms with Crippen LogP contribution in [0.2, 0.25) is 0 Å². The summed E-state index contributed by atoms with van der Waals surface area (Å²) in [6.45, 7) is 2.78. The Morgan fingerprint density at radius 1 is 1.53 bits per heavy atom. The maximum Gasteiger partial charge on any atom is 0.103 e.